The third-order valence-electron chi connectivity index (χ3n) is 4.48. The number of aryl methyl sites for hydroxylation is 3. The van der Waals surface area contributed by atoms with Crippen molar-refractivity contribution in [3.8, 4) is 0 Å². The van der Waals surface area contributed by atoms with Crippen molar-refractivity contribution in [2.45, 2.75) is 38.4 Å². The predicted octanol–water partition coefficient (Wildman–Crippen LogP) is 4.03. The molecule has 24 heavy (non-hydrogen) atoms. The predicted molar refractivity (Wildman–Crippen MR) is 97.9 cm³/mol. The first-order valence-electron chi connectivity index (χ1n) is 8.32. The Hall–Kier alpha value is -2.08. The van der Waals surface area contributed by atoms with Gasteiger partial charge in [-0.05, 0) is 52.9 Å². The van der Waals surface area contributed by atoms with Gasteiger partial charge >= 0.3 is 0 Å². The van der Waals surface area contributed by atoms with Crippen molar-refractivity contribution in [2.75, 3.05) is 5.32 Å². The second-order valence-electron chi connectivity index (χ2n) is 6.19. The lowest BCUT2D eigenvalue weighted by Gasteiger charge is -2.25. The standard InChI is InChI=1S/C18H20BrN5/c19-15-12-21-24(13-15)10-7-14-3-5-16(6-4-14)22-17-2-1-9-23-11-8-20-18(17)23/h3-6,8,11-13,17,22H,1-2,7,9-10H2. The van der Waals surface area contributed by atoms with Gasteiger partial charge in [0, 0.05) is 37.4 Å². The van der Waals surface area contributed by atoms with Crippen LogP contribution in [0.5, 0.6) is 0 Å². The highest BCUT2D eigenvalue weighted by molar-refractivity contribution is 9.10. The lowest BCUT2D eigenvalue weighted by atomic mass is 10.1. The van der Waals surface area contributed by atoms with Crippen molar-refractivity contribution in [1.29, 1.82) is 0 Å². The molecule has 0 spiro atoms. The molecule has 3 heterocycles. The van der Waals surface area contributed by atoms with Crippen LogP contribution in [0.4, 0.5) is 5.69 Å². The van der Waals surface area contributed by atoms with E-state index in [1.807, 2.05) is 23.3 Å². The number of nitrogens with zero attached hydrogens (tertiary/aromatic N) is 4. The Balaban J connectivity index is 1.38. The minimum Gasteiger partial charge on any atom is -0.375 e. The van der Waals surface area contributed by atoms with Crippen molar-refractivity contribution < 1.29 is 0 Å². The number of aromatic nitrogens is 4. The van der Waals surface area contributed by atoms with Crippen LogP contribution in [-0.2, 0) is 19.5 Å². The molecular weight excluding hydrogens is 366 g/mol. The first kappa shape index (κ1) is 15.4. The average molecular weight is 386 g/mol. The maximum atomic E-state index is 4.50. The zero-order valence-corrected chi connectivity index (χ0v) is 15.0. The topological polar surface area (TPSA) is 47.7 Å². The summed E-state index contributed by atoms with van der Waals surface area (Å²) in [6.07, 6.45) is 11.1. The highest BCUT2D eigenvalue weighted by atomic mass is 79.9. The van der Waals surface area contributed by atoms with Gasteiger partial charge in [-0.25, -0.2) is 4.98 Å². The third-order valence-corrected chi connectivity index (χ3v) is 4.89. The molecule has 2 aromatic heterocycles. The molecule has 1 aliphatic rings. The van der Waals surface area contributed by atoms with E-state index in [1.54, 1.807) is 0 Å². The molecule has 0 aliphatic carbocycles. The van der Waals surface area contributed by atoms with E-state index in [4.69, 9.17) is 0 Å². The number of hydrogen-bond acceptors (Lipinski definition) is 3. The van der Waals surface area contributed by atoms with Crippen molar-refractivity contribution in [3.05, 3.63) is 64.9 Å². The molecule has 6 heteroatoms. The van der Waals surface area contributed by atoms with Gasteiger partial charge in [0.05, 0.1) is 16.7 Å². The number of hydrogen-bond donors (Lipinski definition) is 1. The second-order valence-corrected chi connectivity index (χ2v) is 7.10. The van der Waals surface area contributed by atoms with Crippen LogP contribution < -0.4 is 5.32 Å². The maximum absolute atomic E-state index is 4.50. The van der Waals surface area contributed by atoms with E-state index in [2.05, 4.69) is 66.4 Å². The third kappa shape index (κ3) is 3.38. The van der Waals surface area contributed by atoms with Crippen LogP contribution in [-0.4, -0.2) is 19.3 Å². The van der Waals surface area contributed by atoms with Gasteiger partial charge in [0.25, 0.3) is 0 Å². The van der Waals surface area contributed by atoms with E-state index in [1.165, 1.54) is 12.0 Å². The van der Waals surface area contributed by atoms with Gasteiger partial charge in [-0.15, -0.1) is 0 Å². The molecule has 0 bridgehead atoms. The van der Waals surface area contributed by atoms with Crippen LogP contribution in [0, 0.1) is 0 Å². The molecule has 124 valence electrons. The molecule has 1 atom stereocenters. The van der Waals surface area contributed by atoms with Gasteiger partial charge in [0.2, 0.25) is 0 Å². The molecule has 0 saturated heterocycles. The molecule has 0 amide bonds. The normalized spacial score (nSPS) is 16.8. The van der Waals surface area contributed by atoms with Crippen LogP contribution in [0.3, 0.4) is 0 Å². The smallest absolute Gasteiger partial charge is 0.131 e. The number of anilines is 1. The number of rotatable bonds is 5. The van der Waals surface area contributed by atoms with Crippen LogP contribution in [0.15, 0.2) is 53.5 Å². The molecule has 1 unspecified atom stereocenters. The molecule has 1 aliphatic heterocycles. The van der Waals surface area contributed by atoms with E-state index in [9.17, 15) is 0 Å². The van der Waals surface area contributed by atoms with Crippen LogP contribution in [0.2, 0.25) is 0 Å². The Kier molecular flexibility index (Phi) is 4.38. The summed E-state index contributed by atoms with van der Waals surface area (Å²) in [6.45, 7) is 1.97. The summed E-state index contributed by atoms with van der Waals surface area (Å²) in [5.74, 6) is 1.15. The van der Waals surface area contributed by atoms with Gasteiger partial charge in [-0.3, -0.25) is 4.68 Å². The van der Waals surface area contributed by atoms with Gasteiger partial charge in [0.15, 0.2) is 0 Å². The summed E-state index contributed by atoms with van der Waals surface area (Å²) in [5, 5.41) is 7.91. The van der Waals surface area contributed by atoms with Gasteiger partial charge in [0.1, 0.15) is 5.82 Å². The Morgan fingerprint density at radius 2 is 2.12 bits per heavy atom. The lowest BCUT2D eigenvalue weighted by molar-refractivity contribution is 0.470. The molecular formula is C18H20BrN5. The van der Waals surface area contributed by atoms with Crippen molar-refractivity contribution >= 4 is 21.6 Å². The summed E-state index contributed by atoms with van der Waals surface area (Å²) in [6, 6.07) is 9.01. The Morgan fingerprint density at radius 3 is 2.92 bits per heavy atom. The zero-order valence-electron chi connectivity index (χ0n) is 13.4. The van der Waals surface area contributed by atoms with Crippen molar-refractivity contribution in [1.82, 2.24) is 19.3 Å². The van der Waals surface area contributed by atoms with E-state index in [0.717, 1.165) is 41.9 Å². The molecule has 1 N–H and O–H groups in total. The fourth-order valence-corrected chi connectivity index (χ4v) is 3.55. The molecule has 1 aromatic carbocycles. The second kappa shape index (κ2) is 6.81. The summed E-state index contributed by atoms with van der Waals surface area (Å²) in [4.78, 5) is 4.50. The number of fused-ring (bicyclic) bond motifs is 1. The number of imidazole rings is 1. The Labute approximate surface area is 149 Å². The minimum atomic E-state index is 0.307. The SMILES string of the molecule is Brc1cnn(CCc2ccc(NC3CCCn4ccnc43)cc2)c1. The van der Waals surface area contributed by atoms with E-state index < -0.39 is 0 Å². The monoisotopic (exact) mass is 385 g/mol. The number of nitrogens with one attached hydrogen (secondary N) is 1. The van der Waals surface area contributed by atoms with Crippen LogP contribution >= 0.6 is 15.9 Å². The van der Waals surface area contributed by atoms with E-state index in [-0.39, 0.29) is 0 Å². The molecule has 0 saturated carbocycles. The average Bonchev–Trinajstić information content (AvgIpc) is 3.23. The minimum absolute atomic E-state index is 0.307. The van der Waals surface area contributed by atoms with E-state index >= 15 is 0 Å². The molecule has 4 rings (SSSR count). The fourth-order valence-electron chi connectivity index (χ4n) is 3.22. The van der Waals surface area contributed by atoms with Gasteiger partial charge < -0.3 is 9.88 Å². The first-order chi connectivity index (χ1) is 11.8. The molecule has 5 nitrogen and oxygen atoms in total. The summed E-state index contributed by atoms with van der Waals surface area (Å²) >= 11 is 3.43. The van der Waals surface area contributed by atoms with Crippen LogP contribution in [0.25, 0.3) is 0 Å². The summed E-state index contributed by atoms with van der Waals surface area (Å²) in [7, 11) is 0. The zero-order chi connectivity index (χ0) is 16.4. The van der Waals surface area contributed by atoms with Gasteiger partial charge in [-0.2, -0.15) is 5.10 Å². The lowest BCUT2D eigenvalue weighted by Crippen LogP contribution is -2.21. The fraction of sp³-hybridized carbons (Fsp3) is 0.333. The summed E-state index contributed by atoms with van der Waals surface area (Å²) in [5.41, 5.74) is 2.47. The maximum Gasteiger partial charge on any atom is 0.131 e. The first-order valence-corrected chi connectivity index (χ1v) is 9.12. The Bertz CT molecular complexity index is 805. The highest BCUT2D eigenvalue weighted by Crippen LogP contribution is 2.27. The quantitative estimate of drug-likeness (QED) is 0.720. The molecule has 0 radical (unpaired) electrons. The number of halogens is 1. The van der Waals surface area contributed by atoms with Crippen molar-refractivity contribution in [2.24, 2.45) is 0 Å². The number of benzene rings is 1. The molecule has 3 aromatic rings. The van der Waals surface area contributed by atoms with Crippen molar-refractivity contribution in [3.63, 3.8) is 0 Å². The summed E-state index contributed by atoms with van der Waals surface area (Å²) < 4.78 is 5.23. The Morgan fingerprint density at radius 1 is 1.25 bits per heavy atom. The van der Waals surface area contributed by atoms with E-state index in [0.29, 0.717) is 6.04 Å². The highest BCUT2D eigenvalue weighted by Gasteiger charge is 2.20. The van der Waals surface area contributed by atoms with Crippen LogP contribution in [0.1, 0.15) is 30.3 Å². The molecule has 0 fully saturated rings. The largest absolute Gasteiger partial charge is 0.375 e. The van der Waals surface area contributed by atoms with Gasteiger partial charge in [-0.1, -0.05) is 12.1 Å².